The molecule has 0 bridgehead atoms. The third-order valence-electron chi connectivity index (χ3n) is 2.22. The largest absolute Gasteiger partial charge is 0.371 e. The molecule has 1 rings (SSSR count). The average molecular weight is 208 g/mol. The Balaban J connectivity index is 3.05. The van der Waals surface area contributed by atoms with Crippen LogP contribution in [-0.2, 0) is 0 Å². The summed E-state index contributed by atoms with van der Waals surface area (Å²) in [6.45, 7) is 6.11. The van der Waals surface area contributed by atoms with E-state index in [1.54, 1.807) is 0 Å². The highest BCUT2D eigenvalue weighted by Gasteiger charge is 2.06. The average Bonchev–Trinajstić information content (AvgIpc) is 2.22. The maximum absolute atomic E-state index is 6.12. The van der Waals surface area contributed by atoms with Gasteiger partial charge in [-0.3, -0.25) is 0 Å². The molecule has 0 aliphatic heterocycles. The van der Waals surface area contributed by atoms with Gasteiger partial charge in [-0.2, -0.15) is 0 Å². The van der Waals surface area contributed by atoms with E-state index in [1.165, 1.54) is 0 Å². The first kappa shape index (κ1) is 10.9. The molecule has 0 unspecified atom stereocenters. The van der Waals surface area contributed by atoms with E-state index >= 15 is 0 Å². The van der Waals surface area contributed by atoms with Crippen molar-refractivity contribution in [1.82, 2.24) is 0 Å². The number of terminal acetylenes is 1. The van der Waals surface area contributed by atoms with E-state index in [2.05, 4.69) is 24.7 Å². The second-order valence-corrected chi connectivity index (χ2v) is 3.39. The van der Waals surface area contributed by atoms with Crippen LogP contribution in [0.15, 0.2) is 18.2 Å². The first-order chi connectivity index (χ1) is 6.72. The molecule has 14 heavy (non-hydrogen) atoms. The number of hydrogen-bond donors (Lipinski definition) is 0. The van der Waals surface area contributed by atoms with Crippen LogP contribution in [0.25, 0.3) is 0 Å². The minimum atomic E-state index is 0.726. The second-order valence-electron chi connectivity index (χ2n) is 2.98. The summed E-state index contributed by atoms with van der Waals surface area (Å²) < 4.78 is 0. The zero-order valence-electron chi connectivity index (χ0n) is 8.55. The third-order valence-corrected chi connectivity index (χ3v) is 2.52. The number of nitrogens with zero attached hydrogens (tertiary/aromatic N) is 1. The van der Waals surface area contributed by atoms with Gasteiger partial charge in [0.2, 0.25) is 0 Å². The Bertz CT molecular complexity index is 348. The lowest BCUT2D eigenvalue weighted by molar-refractivity contribution is 0.866. The summed E-state index contributed by atoms with van der Waals surface area (Å²) in [6.07, 6.45) is 5.29. The van der Waals surface area contributed by atoms with E-state index in [0.717, 1.165) is 29.4 Å². The van der Waals surface area contributed by atoms with Gasteiger partial charge in [-0.25, -0.2) is 0 Å². The Kier molecular flexibility index (Phi) is 3.85. The first-order valence-corrected chi connectivity index (χ1v) is 5.11. The molecule has 0 radical (unpaired) electrons. The van der Waals surface area contributed by atoms with E-state index in [0.29, 0.717) is 0 Å². The molecule has 0 aliphatic rings. The quantitative estimate of drug-likeness (QED) is 0.689. The van der Waals surface area contributed by atoms with Crippen molar-refractivity contribution in [1.29, 1.82) is 0 Å². The molecule has 0 aromatic heterocycles. The van der Waals surface area contributed by atoms with Gasteiger partial charge in [0, 0.05) is 18.7 Å². The lowest BCUT2D eigenvalue weighted by Crippen LogP contribution is -2.22. The van der Waals surface area contributed by atoms with Crippen molar-refractivity contribution in [3.05, 3.63) is 28.8 Å². The van der Waals surface area contributed by atoms with Crippen LogP contribution in [0.1, 0.15) is 19.4 Å². The molecule has 2 heteroatoms. The summed E-state index contributed by atoms with van der Waals surface area (Å²) in [4.78, 5) is 2.20. The number of rotatable bonds is 3. The highest BCUT2D eigenvalue weighted by molar-refractivity contribution is 6.33. The Morgan fingerprint density at radius 1 is 1.36 bits per heavy atom. The van der Waals surface area contributed by atoms with Crippen LogP contribution in [0.5, 0.6) is 0 Å². The summed E-state index contributed by atoms with van der Waals surface area (Å²) >= 11 is 6.12. The fourth-order valence-corrected chi connectivity index (χ4v) is 1.72. The fourth-order valence-electron chi connectivity index (χ4n) is 1.42. The Hall–Kier alpha value is -1.13. The second kappa shape index (κ2) is 4.93. The zero-order chi connectivity index (χ0) is 10.6. The highest BCUT2D eigenvalue weighted by atomic mass is 35.5. The summed E-state index contributed by atoms with van der Waals surface area (Å²) in [5.41, 5.74) is 1.88. The van der Waals surface area contributed by atoms with Gasteiger partial charge in [0.25, 0.3) is 0 Å². The fraction of sp³-hybridized carbons (Fsp3) is 0.333. The van der Waals surface area contributed by atoms with Gasteiger partial charge >= 0.3 is 0 Å². The molecule has 0 N–H and O–H groups in total. The minimum absolute atomic E-state index is 0.726. The van der Waals surface area contributed by atoms with Gasteiger partial charge in [0.05, 0.1) is 10.7 Å². The van der Waals surface area contributed by atoms with Crippen molar-refractivity contribution in [3.63, 3.8) is 0 Å². The van der Waals surface area contributed by atoms with Crippen molar-refractivity contribution in [3.8, 4) is 12.3 Å². The van der Waals surface area contributed by atoms with E-state index < -0.39 is 0 Å². The maximum Gasteiger partial charge on any atom is 0.0651 e. The smallest absolute Gasteiger partial charge is 0.0651 e. The SMILES string of the molecule is C#Cc1ccc(N(CC)CC)c(Cl)c1. The number of benzene rings is 1. The van der Waals surface area contributed by atoms with Gasteiger partial charge in [0.15, 0.2) is 0 Å². The number of hydrogen-bond acceptors (Lipinski definition) is 1. The molecule has 0 heterocycles. The van der Waals surface area contributed by atoms with Crippen LogP contribution in [0.3, 0.4) is 0 Å². The summed E-state index contributed by atoms with van der Waals surface area (Å²) in [6, 6.07) is 5.72. The van der Waals surface area contributed by atoms with Gasteiger partial charge in [-0.15, -0.1) is 6.42 Å². The van der Waals surface area contributed by atoms with E-state index in [4.69, 9.17) is 18.0 Å². The zero-order valence-corrected chi connectivity index (χ0v) is 9.30. The molecule has 0 amide bonds. The van der Waals surface area contributed by atoms with Crippen molar-refractivity contribution in [2.75, 3.05) is 18.0 Å². The van der Waals surface area contributed by atoms with Crippen LogP contribution in [0, 0.1) is 12.3 Å². The maximum atomic E-state index is 6.12. The van der Waals surface area contributed by atoms with Crippen LogP contribution in [0.4, 0.5) is 5.69 Å². The number of anilines is 1. The molecule has 0 saturated carbocycles. The molecule has 0 saturated heterocycles. The Labute approximate surface area is 90.7 Å². The summed E-state index contributed by atoms with van der Waals surface area (Å²) in [7, 11) is 0. The number of halogens is 1. The highest BCUT2D eigenvalue weighted by Crippen LogP contribution is 2.26. The standard InChI is InChI=1S/C12H14ClN/c1-4-10-7-8-12(11(13)9-10)14(5-2)6-3/h1,7-9H,5-6H2,2-3H3. The molecule has 74 valence electrons. The van der Waals surface area contributed by atoms with E-state index in [1.807, 2.05) is 18.2 Å². The predicted molar refractivity (Wildman–Crippen MR) is 62.9 cm³/mol. The van der Waals surface area contributed by atoms with Crippen molar-refractivity contribution in [2.24, 2.45) is 0 Å². The van der Waals surface area contributed by atoms with Crippen molar-refractivity contribution >= 4 is 17.3 Å². The molecule has 0 fully saturated rings. The van der Waals surface area contributed by atoms with Gasteiger partial charge in [-0.05, 0) is 32.0 Å². The normalized spacial score (nSPS) is 9.57. The van der Waals surface area contributed by atoms with Crippen LogP contribution in [-0.4, -0.2) is 13.1 Å². The topological polar surface area (TPSA) is 3.24 Å². The molecular formula is C12H14ClN. The summed E-state index contributed by atoms with van der Waals surface area (Å²) in [5.74, 6) is 2.57. The van der Waals surface area contributed by atoms with Crippen LogP contribution in [0.2, 0.25) is 5.02 Å². The van der Waals surface area contributed by atoms with Crippen molar-refractivity contribution in [2.45, 2.75) is 13.8 Å². The van der Waals surface area contributed by atoms with E-state index in [-0.39, 0.29) is 0 Å². The van der Waals surface area contributed by atoms with Crippen LogP contribution < -0.4 is 4.90 Å². The summed E-state index contributed by atoms with van der Waals surface area (Å²) in [5, 5.41) is 0.726. The molecular weight excluding hydrogens is 194 g/mol. The van der Waals surface area contributed by atoms with Crippen molar-refractivity contribution < 1.29 is 0 Å². The molecule has 0 aliphatic carbocycles. The van der Waals surface area contributed by atoms with Crippen LogP contribution >= 0.6 is 11.6 Å². The molecule has 0 atom stereocenters. The lowest BCUT2D eigenvalue weighted by Gasteiger charge is -2.22. The Morgan fingerprint density at radius 2 is 2.00 bits per heavy atom. The van der Waals surface area contributed by atoms with Gasteiger partial charge in [0.1, 0.15) is 0 Å². The predicted octanol–water partition coefficient (Wildman–Crippen LogP) is 3.17. The molecule has 1 aromatic carbocycles. The first-order valence-electron chi connectivity index (χ1n) is 4.74. The molecule has 1 aromatic rings. The third kappa shape index (κ3) is 2.21. The van der Waals surface area contributed by atoms with E-state index in [9.17, 15) is 0 Å². The Morgan fingerprint density at radius 3 is 2.43 bits per heavy atom. The van der Waals surface area contributed by atoms with Gasteiger partial charge in [-0.1, -0.05) is 17.5 Å². The monoisotopic (exact) mass is 207 g/mol. The molecule has 0 spiro atoms. The molecule has 1 nitrogen and oxygen atoms in total. The van der Waals surface area contributed by atoms with Gasteiger partial charge < -0.3 is 4.90 Å². The lowest BCUT2D eigenvalue weighted by atomic mass is 10.2. The minimum Gasteiger partial charge on any atom is -0.371 e.